The molecule has 0 bridgehead atoms. The predicted octanol–water partition coefficient (Wildman–Crippen LogP) is 2.94. The Bertz CT molecular complexity index is 690. The Kier molecular flexibility index (Phi) is 6.34. The summed E-state index contributed by atoms with van der Waals surface area (Å²) in [5.74, 6) is 1.83. The quantitative estimate of drug-likeness (QED) is 0.848. The third-order valence-electron chi connectivity index (χ3n) is 4.98. The van der Waals surface area contributed by atoms with E-state index in [1.807, 2.05) is 36.5 Å². The highest BCUT2D eigenvalue weighted by atomic mass is 16.5. The molecule has 5 heteroatoms. The number of pyridine rings is 1. The van der Waals surface area contributed by atoms with Crippen LogP contribution in [0, 0.1) is 0 Å². The zero-order chi connectivity index (χ0) is 19.3. The standard InChI is InChI=1S/C22H31N3O2/c1-22(2,3)18-7-9-20(10-8-18)27-17-19(26)16-24-12-14-25(15-13-24)21-6-4-5-11-23-21/h4-11,19,26H,12-17H2,1-3H3/t19-/m1/s1. The number of aromatic nitrogens is 1. The first-order chi connectivity index (χ1) is 12.9. The molecule has 5 nitrogen and oxygen atoms in total. The van der Waals surface area contributed by atoms with Gasteiger partial charge in [-0.15, -0.1) is 0 Å². The maximum Gasteiger partial charge on any atom is 0.128 e. The summed E-state index contributed by atoms with van der Waals surface area (Å²) in [5.41, 5.74) is 1.41. The van der Waals surface area contributed by atoms with Crippen LogP contribution in [-0.2, 0) is 5.41 Å². The van der Waals surface area contributed by atoms with E-state index in [9.17, 15) is 5.11 Å². The van der Waals surface area contributed by atoms with Crippen LogP contribution in [0.3, 0.4) is 0 Å². The van der Waals surface area contributed by atoms with Crippen molar-refractivity contribution < 1.29 is 9.84 Å². The Balaban J connectivity index is 1.40. The molecule has 1 saturated heterocycles. The number of piperazine rings is 1. The largest absolute Gasteiger partial charge is 0.491 e. The van der Waals surface area contributed by atoms with Crippen molar-refractivity contribution in [3.8, 4) is 5.75 Å². The number of aliphatic hydroxyl groups excluding tert-OH is 1. The fraction of sp³-hybridized carbons (Fsp3) is 0.500. The van der Waals surface area contributed by atoms with Crippen molar-refractivity contribution in [1.82, 2.24) is 9.88 Å². The van der Waals surface area contributed by atoms with Gasteiger partial charge in [-0.1, -0.05) is 39.0 Å². The molecule has 2 aromatic rings. The van der Waals surface area contributed by atoms with Gasteiger partial charge in [0.2, 0.25) is 0 Å². The maximum absolute atomic E-state index is 10.3. The summed E-state index contributed by atoms with van der Waals surface area (Å²) in [6, 6.07) is 14.2. The highest BCUT2D eigenvalue weighted by molar-refractivity contribution is 5.38. The predicted molar refractivity (Wildman–Crippen MR) is 110 cm³/mol. The Labute approximate surface area is 162 Å². The molecule has 1 aromatic heterocycles. The van der Waals surface area contributed by atoms with Crippen LogP contribution >= 0.6 is 0 Å². The van der Waals surface area contributed by atoms with Gasteiger partial charge in [-0.05, 0) is 35.2 Å². The van der Waals surface area contributed by atoms with E-state index in [2.05, 4.69) is 47.7 Å². The molecule has 1 aliphatic heterocycles. The highest BCUT2D eigenvalue weighted by Crippen LogP contribution is 2.24. The number of rotatable bonds is 6. The summed E-state index contributed by atoms with van der Waals surface area (Å²) in [4.78, 5) is 8.99. The molecule has 2 heterocycles. The van der Waals surface area contributed by atoms with Gasteiger partial charge in [-0.25, -0.2) is 4.98 Å². The SMILES string of the molecule is CC(C)(C)c1ccc(OC[C@H](O)CN2CCN(c3ccccn3)CC2)cc1. The zero-order valence-corrected chi connectivity index (χ0v) is 16.6. The Morgan fingerprint density at radius 2 is 1.74 bits per heavy atom. The Morgan fingerprint density at radius 3 is 2.33 bits per heavy atom. The van der Waals surface area contributed by atoms with E-state index in [0.29, 0.717) is 13.2 Å². The topological polar surface area (TPSA) is 48.8 Å². The van der Waals surface area contributed by atoms with Crippen molar-refractivity contribution >= 4 is 5.82 Å². The summed E-state index contributed by atoms with van der Waals surface area (Å²) >= 11 is 0. The molecular weight excluding hydrogens is 338 g/mol. The van der Waals surface area contributed by atoms with E-state index in [1.165, 1.54) is 5.56 Å². The molecule has 0 saturated carbocycles. The van der Waals surface area contributed by atoms with Gasteiger partial charge in [-0.2, -0.15) is 0 Å². The minimum atomic E-state index is -0.492. The molecule has 1 N–H and O–H groups in total. The van der Waals surface area contributed by atoms with E-state index in [1.54, 1.807) is 0 Å². The summed E-state index contributed by atoms with van der Waals surface area (Å²) in [6.45, 7) is 11.2. The monoisotopic (exact) mass is 369 g/mol. The van der Waals surface area contributed by atoms with Gasteiger partial charge in [0.25, 0.3) is 0 Å². The van der Waals surface area contributed by atoms with Gasteiger partial charge in [-0.3, -0.25) is 4.90 Å². The van der Waals surface area contributed by atoms with E-state index < -0.39 is 6.10 Å². The molecule has 0 unspecified atom stereocenters. The molecule has 3 rings (SSSR count). The molecule has 0 radical (unpaired) electrons. The van der Waals surface area contributed by atoms with Crippen LogP contribution in [0.2, 0.25) is 0 Å². The van der Waals surface area contributed by atoms with Crippen molar-refractivity contribution in [3.63, 3.8) is 0 Å². The second-order valence-corrected chi connectivity index (χ2v) is 8.21. The number of nitrogens with zero attached hydrogens (tertiary/aromatic N) is 3. The maximum atomic E-state index is 10.3. The smallest absolute Gasteiger partial charge is 0.128 e. The van der Waals surface area contributed by atoms with Crippen LogP contribution in [0.25, 0.3) is 0 Å². The number of hydrogen-bond acceptors (Lipinski definition) is 5. The second-order valence-electron chi connectivity index (χ2n) is 8.21. The Hall–Kier alpha value is -2.11. The van der Waals surface area contributed by atoms with E-state index >= 15 is 0 Å². The van der Waals surface area contributed by atoms with Crippen molar-refractivity contribution in [3.05, 3.63) is 54.2 Å². The number of aliphatic hydroxyl groups is 1. The van der Waals surface area contributed by atoms with Crippen LogP contribution in [0.1, 0.15) is 26.3 Å². The lowest BCUT2D eigenvalue weighted by Gasteiger charge is -2.36. The molecule has 1 aromatic carbocycles. The lowest BCUT2D eigenvalue weighted by atomic mass is 9.87. The molecule has 0 aliphatic carbocycles. The lowest BCUT2D eigenvalue weighted by Crippen LogP contribution is -2.49. The second kappa shape index (κ2) is 8.72. The molecular formula is C22H31N3O2. The molecule has 1 fully saturated rings. The molecule has 1 atom stereocenters. The van der Waals surface area contributed by atoms with Crippen LogP contribution < -0.4 is 9.64 Å². The fourth-order valence-electron chi connectivity index (χ4n) is 3.29. The van der Waals surface area contributed by atoms with Crippen molar-refractivity contribution in [1.29, 1.82) is 0 Å². The normalized spacial score (nSPS) is 17.0. The van der Waals surface area contributed by atoms with Crippen molar-refractivity contribution in [2.24, 2.45) is 0 Å². The van der Waals surface area contributed by atoms with Crippen LogP contribution in [0.4, 0.5) is 5.82 Å². The number of benzene rings is 1. The summed E-state index contributed by atoms with van der Waals surface area (Å²) in [7, 11) is 0. The van der Waals surface area contributed by atoms with Crippen LogP contribution in [-0.4, -0.2) is 60.4 Å². The van der Waals surface area contributed by atoms with Crippen LogP contribution in [0.5, 0.6) is 5.75 Å². The first-order valence-electron chi connectivity index (χ1n) is 9.71. The number of β-amino-alcohol motifs (C(OH)–C–C–N with tert-alkyl or cyclic N) is 1. The van der Waals surface area contributed by atoms with Gasteiger partial charge in [0.05, 0.1) is 0 Å². The molecule has 0 amide bonds. The van der Waals surface area contributed by atoms with Gasteiger partial charge < -0.3 is 14.7 Å². The molecule has 0 spiro atoms. The molecule has 1 aliphatic rings. The number of ether oxygens (including phenoxy) is 1. The van der Waals surface area contributed by atoms with Crippen molar-refractivity contribution in [2.75, 3.05) is 44.2 Å². The number of anilines is 1. The van der Waals surface area contributed by atoms with Gasteiger partial charge >= 0.3 is 0 Å². The van der Waals surface area contributed by atoms with Gasteiger partial charge in [0.1, 0.15) is 24.3 Å². The molecule has 146 valence electrons. The average molecular weight is 370 g/mol. The average Bonchev–Trinajstić information content (AvgIpc) is 2.67. The van der Waals surface area contributed by atoms with Crippen LogP contribution in [0.15, 0.2) is 48.7 Å². The first kappa shape index (κ1) is 19.6. The lowest BCUT2D eigenvalue weighted by molar-refractivity contribution is 0.0662. The minimum Gasteiger partial charge on any atom is -0.491 e. The third kappa shape index (κ3) is 5.68. The Morgan fingerprint density at radius 1 is 1.04 bits per heavy atom. The summed E-state index contributed by atoms with van der Waals surface area (Å²) in [6.07, 6.45) is 1.34. The first-order valence-corrected chi connectivity index (χ1v) is 9.71. The van der Waals surface area contributed by atoms with Gasteiger partial charge in [0.15, 0.2) is 0 Å². The van der Waals surface area contributed by atoms with E-state index in [0.717, 1.165) is 37.7 Å². The minimum absolute atomic E-state index is 0.134. The highest BCUT2D eigenvalue weighted by Gasteiger charge is 2.20. The zero-order valence-electron chi connectivity index (χ0n) is 16.6. The third-order valence-corrected chi connectivity index (χ3v) is 4.98. The fourth-order valence-corrected chi connectivity index (χ4v) is 3.29. The van der Waals surface area contributed by atoms with E-state index in [4.69, 9.17) is 4.74 Å². The van der Waals surface area contributed by atoms with E-state index in [-0.39, 0.29) is 5.41 Å². The summed E-state index contributed by atoms with van der Waals surface area (Å²) in [5, 5.41) is 10.3. The number of hydrogen-bond donors (Lipinski definition) is 1. The summed E-state index contributed by atoms with van der Waals surface area (Å²) < 4.78 is 5.77. The van der Waals surface area contributed by atoms with Crippen molar-refractivity contribution in [2.45, 2.75) is 32.3 Å². The van der Waals surface area contributed by atoms with Gasteiger partial charge in [0, 0.05) is 38.9 Å². The molecule has 27 heavy (non-hydrogen) atoms.